The van der Waals surface area contributed by atoms with E-state index < -0.39 is 5.60 Å². The maximum Gasteiger partial charge on any atom is 0.125 e. The molecule has 0 spiro atoms. The third-order valence-electron chi connectivity index (χ3n) is 2.87. The van der Waals surface area contributed by atoms with Crippen LogP contribution in [0.1, 0.15) is 31.4 Å². The quantitative estimate of drug-likeness (QED) is 0.731. The summed E-state index contributed by atoms with van der Waals surface area (Å²) in [6.45, 7) is 9.71. The van der Waals surface area contributed by atoms with Gasteiger partial charge in [0.05, 0.1) is 0 Å². The molecule has 2 N–H and O–H groups in total. The Morgan fingerprint density at radius 1 is 1.28 bits per heavy atom. The molecule has 0 heterocycles. The Balaban J connectivity index is 2.53. The van der Waals surface area contributed by atoms with E-state index in [9.17, 15) is 5.11 Å². The number of hydrogen-bond donors (Lipinski definition) is 2. The average molecular weight is 251 g/mol. The van der Waals surface area contributed by atoms with E-state index in [-0.39, 0.29) is 0 Å². The van der Waals surface area contributed by atoms with Crippen LogP contribution >= 0.6 is 0 Å². The third kappa shape index (κ3) is 4.67. The van der Waals surface area contributed by atoms with Crippen LogP contribution in [0, 0.1) is 13.8 Å². The van der Waals surface area contributed by atoms with Crippen molar-refractivity contribution in [1.29, 1.82) is 0 Å². The van der Waals surface area contributed by atoms with Crippen molar-refractivity contribution in [3.05, 3.63) is 29.3 Å². The molecule has 0 aliphatic heterocycles. The van der Waals surface area contributed by atoms with Crippen molar-refractivity contribution in [1.82, 2.24) is 5.32 Å². The Bertz CT molecular complexity index is 355. The zero-order chi connectivity index (χ0) is 13.6. The molecule has 1 unspecified atom stereocenters. The SMILES string of the molecule is CCCNCC(C)(O)COc1c(C)cccc1C. The summed E-state index contributed by atoms with van der Waals surface area (Å²) in [6, 6.07) is 6.05. The van der Waals surface area contributed by atoms with Crippen LogP contribution in [0.4, 0.5) is 0 Å². The van der Waals surface area contributed by atoms with Gasteiger partial charge in [-0.2, -0.15) is 0 Å². The van der Waals surface area contributed by atoms with Crippen molar-refractivity contribution in [3.63, 3.8) is 0 Å². The Morgan fingerprint density at radius 3 is 2.44 bits per heavy atom. The number of rotatable bonds is 7. The predicted octanol–water partition coefficient (Wildman–Crippen LogP) is 2.43. The van der Waals surface area contributed by atoms with Gasteiger partial charge in [0.25, 0.3) is 0 Å². The normalized spacial score (nSPS) is 14.3. The molecule has 0 amide bonds. The molecule has 1 rings (SSSR count). The molecule has 1 aromatic carbocycles. The monoisotopic (exact) mass is 251 g/mol. The first kappa shape index (κ1) is 15.0. The largest absolute Gasteiger partial charge is 0.490 e. The van der Waals surface area contributed by atoms with E-state index in [0.29, 0.717) is 13.2 Å². The molecule has 1 aromatic rings. The molecular formula is C15H25NO2. The Labute approximate surface area is 110 Å². The number of para-hydroxylation sites is 1. The van der Waals surface area contributed by atoms with E-state index in [1.165, 1.54) is 0 Å². The minimum Gasteiger partial charge on any atom is -0.490 e. The van der Waals surface area contributed by atoms with Gasteiger partial charge in [0, 0.05) is 6.54 Å². The predicted molar refractivity (Wildman–Crippen MR) is 75.2 cm³/mol. The first-order valence-electron chi connectivity index (χ1n) is 6.58. The highest BCUT2D eigenvalue weighted by Crippen LogP contribution is 2.23. The highest BCUT2D eigenvalue weighted by molar-refractivity contribution is 5.39. The second-order valence-electron chi connectivity index (χ2n) is 5.18. The van der Waals surface area contributed by atoms with Crippen LogP contribution in [0.5, 0.6) is 5.75 Å². The smallest absolute Gasteiger partial charge is 0.125 e. The molecule has 0 radical (unpaired) electrons. The fourth-order valence-corrected chi connectivity index (χ4v) is 1.84. The molecule has 3 nitrogen and oxygen atoms in total. The van der Waals surface area contributed by atoms with Crippen LogP contribution in [0.3, 0.4) is 0 Å². The first-order valence-corrected chi connectivity index (χ1v) is 6.58. The maximum absolute atomic E-state index is 10.2. The molecule has 1 atom stereocenters. The van der Waals surface area contributed by atoms with Gasteiger partial charge in [0.1, 0.15) is 18.0 Å². The average Bonchev–Trinajstić information content (AvgIpc) is 2.28. The highest BCUT2D eigenvalue weighted by atomic mass is 16.5. The number of benzene rings is 1. The summed E-state index contributed by atoms with van der Waals surface area (Å²) >= 11 is 0. The number of ether oxygens (including phenoxy) is 1. The van der Waals surface area contributed by atoms with Crippen LogP contribution in [0.2, 0.25) is 0 Å². The molecule has 18 heavy (non-hydrogen) atoms. The van der Waals surface area contributed by atoms with Gasteiger partial charge in [-0.15, -0.1) is 0 Å². The molecule has 0 fully saturated rings. The Kier molecular flexibility index (Phi) is 5.63. The number of aryl methyl sites for hydroxylation is 2. The molecule has 0 aliphatic rings. The van der Waals surface area contributed by atoms with Gasteiger partial charge >= 0.3 is 0 Å². The topological polar surface area (TPSA) is 41.5 Å². The molecule has 0 saturated heterocycles. The molecule has 3 heteroatoms. The van der Waals surface area contributed by atoms with Gasteiger partial charge in [-0.05, 0) is 44.9 Å². The van der Waals surface area contributed by atoms with Gasteiger partial charge in [0.15, 0.2) is 0 Å². The molecule has 102 valence electrons. The van der Waals surface area contributed by atoms with Gasteiger partial charge in [-0.1, -0.05) is 25.1 Å². The molecule has 0 saturated carbocycles. The Hall–Kier alpha value is -1.06. The number of aliphatic hydroxyl groups is 1. The summed E-state index contributed by atoms with van der Waals surface area (Å²) in [5.74, 6) is 0.883. The molecule has 0 aromatic heterocycles. The standard InChI is InChI=1S/C15H25NO2/c1-5-9-16-10-15(4,17)11-18-14-12(2)7-6-8-13(14)3/h6-8,16-17H,5,9-11H2,1-4H3. The summed E-state index contributed by atoms with van der Waals surface area (Å²) in [5.41, 5.74) is 1.36. The molecule has 0 aliphatic carbocycles. The summed E-state index contributed by atoms with van der Waals surface area (Å²) in [4.78, 5) is 0. The second kappa shape index (κ2) is 6.76. The highest BCUT2D eigenvalue weighted by Gasteiger charge is 2.21. The minimum absolute atomic E-state index is 0.301. The van der Waals surface area contributed by atoms with Crippen molar-refractivity contribution in [2.24, 2.45) is 0 Å². The van der Waals surface area contributed by atoms with E-state index >= 15 is 0 Å². The zero-order valence-corrected chi connectivity index (χ0v) is 11.9. The minimum atomic E-state index is -0.843. The van der Waals surface area contributed by atoms with Crippen molar-refractivity contribution in [3.8, 4) is 5.75 Å². The van der Waals surface area contributed by atoms with E-state index in [0.717, 1.165) is 29.8 Å². The van der Waals surface area contributed by atoms with Gasteiger partial charge in [-0.25, -0.2) is 0 Å². The lowest BCUT2D eigenvalue weighted by atomic mass is 10.1. The van der Waals surface area contributed by atoms with Crippen molar-refractivity contribution in [2.45, 2.75) is 39.7 Å². The van der Waals surface area contributed by atoms with Crippen LogP contribution in [0.15, 0.2) is 18.2 Å². The zero-order valence-electron chi connectivity index (χ0n) is 11.9. The lowest BCUT2D eigenvalue weighted by Crippen LogP contribution is -2.43. The number of nitrogens with one attached hydrogen (secondary N) is 1. The summed E-state index contributed by atoms with van der Waals surface area (Å²) in [7, 11) is 0. The van der Waals surface area contributed by atoms with Crippen molar-refractivity contribution in [2.75, 3.05) is 19.7 Å². The van der Waals surface area contributed by atoms with Crippen LogP contribution in [-0.2, 0) is 0 Å². The van der Waals surface area contributed by atoms with E-state index in [2.05, 4.69) is 12.2 Å². The fourth-order valence-electron chi connectivity index (χ4n) is 1.84. The third-order valence-corrected chi connectivity index (χ3v) is 2.87. The van der Waals surface area contributed by atoms with Crippen molar-refractivity contribution >= 4 is 0 Å². The second-order valence-corrected chi connectivity index (χ2v) is 5.18. The van der Waals surface area contributed by atoms with Gasteiger partial charge < -0.3 is 15.2 Å². The van der Waals surface area contributed by atoms with Crippen LogP contribution < -0.4 is 10.1 Å². The lowest BCUT2D eigenvalue weighted by molar-refractivity contribution is 0.0121. The van der Waals surface area contributed by atoms with Crippen LogP contribution in [-0.4, -0.2) is 30.4 Å². The van der Waals surface area contributed by atoms with Gasteiger partial charge in [0.2, 0.25) is 0 Å². The fraction of sp³-hybridized carbons (Fsp3) is 0.600. The summed E-state index contributed by atoms with van der Waals surface area (Å²) < 4.78 is 5.77. The van der Waals surface area contributed by atoms with Crippen LogP contribution in [0.25, 0.3) is 0 Å². The van der Waals surface area contributed by atoms with E-state index in [1.807, 2.05) is 32.0 Å². The van der Waals surface area contributed by atoms with Crippen molar-refractivity contribution < 1.29 is 9.84 Å². The summed E-state index contributed by atoms with van der Waals surface area (Å²) in [6.07, 6.45) is 1.06. The number of hydrogen-bond acceptors (Lipinski definition) is 3. The lowest BCUT2D eigenvalue weighted by Gasteiger charge is -2.25. The summed E-state index contributed by atoms with van der Waals surface area (Å²) in [5, 5.41) is 13.4. The molecule has 0 bridgehead atoms. The molecular weight excluding hydrogens is 226 g/mol. The van der Waals surface area contributed by atoms with E-state index in [1.54, 1.807) is 6.92 Å². The maximum atomic E-state index is 10.2. The first-order chi connectivity index (χ1) is 8.46. The van der Waals surface area contributed by atoms with Gasteiger partial charge in [-0.3, -0.25) is 0 Å². The van der Waals surface area contributed by atoms with E-state index in [4.69, 9.17) is 4.74 Å². The Morgan fingerprint density at radius 2 is 1.89 bits per heavy atom.